The van der Waals surface area contributed by atoms with Gasteiger partial charge in [0.25, 0.3) is 5.56 Å². The molecule has 5 rings (SSSR count). The van der Waals surface area contributed by atoms with Crippen molar-refractivity contribution >= 4 is 33.8 Å². The number of H-pyrrole nitrogens is 1. The highest BCUT2D eigenvalue weighted by atomic mass is 35.5. The normalized spacial score (nSPS) is 16.7. The third-order valence-corrected chi connectivity index (χ3v) is 6.79. The Bertz CT molecular complexity index is 1480. The molecule has 0 bridgehead atoms. The number of piperidine rings is 1. The maximum Gasteiger partial charge on any atom is 0.258 e. The second kappa shape index (κ2) is 9.09. The van der Waals surface area contributed by atoms with Crippen LogP contribution in [0.2, 0.25) is 5.02 Å². The highest BCUT2D eigenvalue weighted by Crippen LogP contribution is 2.28. The fraction of sp³-hybridized carbons (Fsp3) is 0.360. The Morgan fingerprint density at radius 2 is 2.15 bits per heavy atom. The number of rotatable bonds is 5. The highest BCUT2D eigenvalue weighted by molar-refractivity contribution is 6.34. The number of nitriles is 1. The number of imidazole rings is 1. The Kier molecular flexibility index (Phi) is 5.98. The number of halogens is 1. The number of benzene rings is 1. The minimum atomic E-state index is -0.227. The van der Waals surface area contributed by atoms with E-state index in [1.54, 1.807) is 12.3 Å². The lowest BCUT2D eigenvalue weighted by molar-refractivity contribution is 0.227. The van der Waals surface area contributed by atoms with Crippen molar-refractivity contribution in [3.63, 3.8) is 0 Å². The molecule has 1 aliphatic heterocycles. The number of hydrogen-bond acceptors (Lipinski definition) is 6. The van der Waals surface area contributed by atoms with Crippen LogP contribution in [0.4, 0.5) is 5.69 Å². The van der Waals surface area contributed by atoms with Gasteiger partial charge in [-0.1, -0.05) is 18.5 Å². The number of likely N-dealkylation sites (tertiary alicyclic amines) is 1. The zero-order chi connectivity index (χ0) is 23.8. The average molecular weight is 476 g/mol. The van der Waals surface area contributed by atoms with Crippen LogP contribution in [0.15, 0.2) is 35.4 Å². The van der Waals surface area contributed by atoms with Crippen molar-refractivity contribution in [3.05, 3.63) is 68.6 Å². The van der Waals surface area contributed by atoms with Crippen LogP contribution in [-0.4, -0.2) is 49.9 Å². The lowest BCUT2D eigenvalue weighted by Crippen LogP contribution is -2.41. The minimum absolute atomic E-state index is 0.227. The first-order valence-corrected chi connectivity index (χ1v) is 11.9. The van der Waals surface area contributed by atoms with Crippen LogP contribution < -0.4 is 10.9 Å². The van der Waals surface area contributed by atoms with Gasteiger partial charge in [-0.25, -0.2) is 9.97 Å². The molecule has 9 heteroatoms. The molecular weight excluding hydrogens is 450 g/mol. The van der Waals surface area contributed by atoms with Gasteiger partial charge in [0.1, 0.15) is 17.5 Å². The molecule has 2 N–H and O–H groups in total. The number of pyridine rings is 1. The first kappa shape index (κ1) is 22.4. The van der Waals surface area contributed by atoms with Crippen molar-refractivity contribution < 1.29 is 0 Å². The molecule has 1 saturated heterocycles. The van der Waals surface area contributed by atoms with E-state index in [9.17, 15) is 10.1 Å². The topological polar surface area (TPSA) is 102 Å². The zero-order valence-corrected chi connectivity index (χ0v) is 20.0. The summed E-state index contributed by atoms with van der Waals surface area (Å²) in [4.78, 5) is 27.4. The van der Waals surface area contributed by atoms with Crippen LogP contribution in [-0.2, 0) is 6.42 Å². The number of nitrogens with one attached hydrogen (secondary N) is 2. The molecule has 34 heavy (non-hydrogen) atoms. The van der Waals surface area contributed by atoms with Crippen LogP contribution in [0.1, 0.15) is 42.4 Å². The van der Waals surface area contributed by atoms with Gasteiger partial charge in [-0.15, -0.1) is 0 Å². The van der Waals surface area contributed by atoms with E-state index in [4.69, 9.17) is 16.6 Å². The molecular formula is C25H26ClN7O. The van der Waals surface area contributed by atoms with Gasteiger partial charge in [-0.3, -0.25) is 4.79 Å². The van der Waals surface area contributed by atoms with Gasteiger partial charge in [-0.05, 0) is 56.6 Å². The van der Waals surface area contributed by atoms with E-state index in [-0.39, 0.29) is 5.56 Å². The molecule has 0 radical (unpaired) electrons. The van der Waals surface area contributed by atoms with E-state index in [2.05, 4.69) is 33.2 Å². The lowest BCUT2D eigenvalue weighted by Gasteiger charge is -2.33. The van der Waals surface area contributed by atoms with E-state index in [0.717, 1.165) is 55.1 Å². The first-order valence-electron chi connectivity index (χ1n) is 11.5. The third kappa shape index (κ3) is 4.37. The Hall–Kier alpha value is -3.41. The summed E-state index contributed by atoms with van der Waals surface area (Å²) < 4.78 is 1.83. The molecule has 1 fully saturated rings. The summed E-state index contributed by atoms with van der Waals surface area (Å²) in [6.45, 7) is 7.19. The first-order chi connectivity index (χ1) is 16.4. The standard InChI is InChI=1S/C25H26ClN7O/c1-3-32-6-4-5-17(13-32)28-22-10-21-19(9-20(22)26)25(34)31-23(30-21)8-18-14-33-12-16(11-27)15(2)7-24(33)29-18/h7,9-10,12,14,17,28H,3-6,8,13H2,1-2H3,(H,30,31,34)/t17-/m1/s1. The fourth-order valence-corrected chi connectivity index (χ4v) is 4.86. The molecule has 1 atom stereocenters. The molecule has 1 aromatic carbocycles. The van der Waals surface area contributed by atoms with Gasteiger partial charge < -0.3 is 19.6 Å². The molecule has 0 aliphatic carbocycles. The van der Waals surface area contributed by atoms with E-state index >= 15 is 0 Å². The van der Waals surface area contributed by atoms with E-state index in [0.29, 0.717) is 39.8 Å². The van der Waals surface area contributed by atoms with Gasteiger partial charge in [-0.2, -0.15) is 5.26 Å². The van der Waals surface area contributed by atoms with Crippen molar-refractivity contribution in [2.24, 2.45) is 0 Å². The van der Waals surface area contributed by atoms with Crippen LogP contribution in [0, 0.1) is 18.3 Å². The van der Waals surface area contributed by atoms with Crippen LogP contribution in [0.25, 0.3) is 16.6 Å². The monoisotopic (exact) mass is 475 g/mol. The van der Waals surface area contributed by atoms with E-state index in [1.165, 1.54) is 0 Å². The van der Waals surface area contributed by atoms with Crippen molar-refractivity contribution in [2.75, 3.05) is 25.0 Å². The molecule has 0 amide bonds. The average Bonchev–Trinajstić information content (AvgIpc) is 3.20. The molecule has 3 aromatic heterocycles. The largest absolute Gasteiger partial charge is 0.380 e. The smallest absolute Gasteiger partial charge is 0.258 e. The van der Waals surface area contributed by atoms with E-state index < -0.39 is 0 Å². The quantitative estimate of drug-likeness (QED) is 0.454. The molecule has 0 saturated carbocycles. The van der Waals surface area contributed by atoms with Crippen LogP contribution in [0.5, 0.6) is 0 Å². The van der Waals surface area contributed by atoms with Gasteiger partial charge in [0.15, 0.2) is 0 Å². The van der Waals surface area contributed by atoms with Crippen LogP contribution in [0.3, 0.4) is 0 Å². The van der Waals surface area contributed by atoms with Crippen LogP contribution >= 0.6 is 11.6 Å². The Balaban J connectivity index is 1.45. The van der Waals surface area contributed by atoms with Crippen molar-refractivity contribution in [1.29, 1.82) is 5.26 Å². The number of aromatic nitrogens is 4. The summed E-state index contributed by atoms with van der Waals surface area (Å²) in [6.07, 6.45) is 6.22. The summed E-state index contributed by atoms with van der Waals surface area (Å²) in [7, 11) is 0. The maximum absolute atomic E-state index is 12.8. The molecule has 8 nitrogen and oxygen atoms in total. The maximum atomic E-state index is 12.8. The van der Waals surface area contributed by atoms with Gasteiger partial charge in [0.2, 0.25) is 0 Å². The number of aryl methyl sites for hydroxylation is 1. The second-order valence-corrected chi connectivity index (χ2v) is 9.30. The number of anilines is 1. The summed E-state index contributed by atoms with van der Waals surface area (Å²) in [5.74, 6) is 0.529. The molecule has 4 heterocycles. The summed E-state index contributed by atoms with van der Waals surface area (Å²) in [5.41, 5.74) is 4.16. The fourth-order valence-electron chi connectivity index (χ4n) is 4.64. The third-order valence-electron chi connectivity index (χ3n) is 6.47. The number of hydrogen-bond donors (Lipinski definition) is 2. The molecule has 0 unspecified atom stereocenters. The molecule has 1 aliphatic rings. The number of aromatic amines is 1. The molecule has 4 aromatic rings. The summed E-state index contributed by atoms with van der Waals surface area (Å²) >= 11 is 6.52. The van der Waals surface area contributed by atoms with Gasteiger partial charge >= 0.3 is 0 Å². The predicted octanol–water partition coefficient (Wildman–Crippen LogP) is 3.89. The van der Waals surface area contributed by atoms with Crippen molar-refractivity contribution in [3.8, 4) is 6.07 Å². The SMILES string of the molecule is CCN1CCC[C@@H](Nc2cc3nc(Cc4cn5cc(C#N)c(C)cc5n4)[nH]c(=O)c3cc2Cl)C1. The van der Waals surface area contributed by atoms with Crippen molar-refractivity contribution in [1.82, 2.24) is 24.3 Å². The second-order valence-electron chi connectivity index (χ2n) is 8.89. The minimum Gasteiger partial charge on any atom is -0.380 e. The molecule has 174 valence electrons. The predicted molar refractivity (Wildman–Crippen MR) is 134 cm³/mol. The van der Waals surface area contributed by atoms with Gasteiger partial charge in [0.05, 0.1) is 32.9 Å². The number of likely N-dealkylation sites (N-methyl/N-ethyl adjacent to an activating group) is 1. The van der Waals surface area contributed by atoms with Gasteiger partial charge in [0, 0.05) is 31.4 Å². The Morgan fingerprint density at radius 1 is 1.29 bits per heavy atom. The Morgan fingerprint density at radius 3 is 2.94 bits per heavy atom. The summed E-state index contributed by atoms with van der Waals surface area (Å²) in [5, 5.41) is 13.8. The van der Waals surface area contributed by atoms with Crippen molar-refractivity contribution in [2.45, 2.75) is 39.2 Å². The number of fused-ring (bicyclic) bond motifs is 2. The zero-order valence-electron chi connectivity index (χ0n) is 19.2. The van der Waals surface area contributed by atoms with E-state index in [1.807, 2.05) is 29.7 Å². The lowest BCUT2D eigenvalue weighted by atomic mass is 10.1. The Labute approximate surface area is 202 Å². The summed E-state index contributed by atoms with van der Waals surface area (Å²) in [6, 6.07) is 7.93. The highest BCUT2D eigenvalue weighted by Gasteiger charge is 2.20. The number of nitrogens with zero attached hydrogens (tertiary/aromatic N) is 5. The molecule has 0 spiro atoms.